The van der Waals surface area contributed by atoms with E-state index in [4.69, 9.17) is 5.11 Å². The molecular weight excluding hydrogens is 166 g/mol. The summed E-state index contributed by atoms with van der Waals surface area (Å²) in [5, 5.41) is 12.0. The number of carboxylic acid groups (broad SMARTS) is 1. The molecule has 3 nitrogen and oxygen atoms in total. The Labute approximate surface area is 79.5 Å². The number of nitrogens with one attached hydrogen (secondary N) is 1. The van der Waals surface area contributed by atoms with Gasteiger partial charge in [0.15, 0.2) is 0 Å². The molecule has 13 heavy (non-hydrogen) atoms. The van der Waals surface area contributed by atoms with E-state index in [0.717, 1.165) is 12.8 Å². The summed E-state index contributed by atoms with van der Waals surface area (Å²) in [7, 11) is 0. The summed E-state index contributed by atoms with van der Waals surface area (Å²) in [6, 6.07) is -0.428. The quantitative estimate of drug-likeness (QED) is 0.704. The van der Waals surface area contributed by atoms with Crippen LogP contribution in [0.2, 0.25) is 0 Å². The zero-order valence-electron chi connectivity index (χ0n) is 8.47. The zero-order valence-corrected chi connectivity index (χ0v) is 8.47. The van der Waals surface area contributed by atoms with E-state index in [-0.39, 0.29) is 5.54 Å². The van der Waals surface area contributed by atoms with Crippen molar-refractivity contribution >= 4 is 5.97 Å². The zero-order chi connectivity index (χ0) is 9.90. The van der Waals surface area contributed by atoms with Gasteiger partial charge in [-0.2, -0.15) is 0 Å². The van der Waals surface area contributed by atoms with Crippen LogP contribution in [0.1, 0.15) is 46.0 Å². The SMILES string of the molecule is C[C@H](NC1(C)CCCCC1)C(=O)O. The highest BCUT2D eigenvalue weighted by molar-refractivity contribution is 5.72. The molecule has 0 heterocycles. The minimum atomic E-state index is -0.758. The fraction of sp³-hybridized carbons (Fsp3) is 0.900. The molecule has 3 heteroatoms. The van der Waals surface area contributed by atoms with E-state index in [2.05, 4.69) is 12.2 Å². The average molecular weight is 185 g/mol. The summed E-state index contributed by atoms with van der Waals surface area (Å²) in [4.78, 5) is 10.7. The van der Waals surface area contributed by atoms with Crippen LogP contribution in [0.25, 0.3) is 0 Å². The Morgan fingerprint density at radius 1 is 1.38 bits per heavy atom. The van der Waals surface area contributed by atoms with Crippen molar-refractivity contribution in [2.45, 2.75) is 57.5 Å². The van der Waals surface area contributed by atoms with Crippen LogP contribution in [0.5, 0.6) is 0 Å². The van der Waals surface area contributed by atoms with Crippen LogP contribution in [0.15, 0.2) is 0 Å². The van der Waals surface area contributed by atoms with Crippen LogP contribution in [-0.2, 0) is 4.79 Å². The third-order valence-corrected chi connectivity index (χ3v) is 2.89. The lowest BCUT2D eigenvalue weighted by molar-refractivity contribution is -0.139. The summed E-state index contributed by atoms with van der Waals surface area (Å²) in [5.41, 5.74) is 0.0516. The van der Waals surface area contributed by atoms with Crippen molar-refractivity contribution < 1.29 is 9.90 Å². The Kier molecular flexibility index (Phi) is 3.31. The second-order valence-electron chi connectivity index (χ2n) is 4.33. The first-order valence-corrected chi connectivity index (χ1v) is 5.04. The van der Waals surface area contributed by atoms with Crippen molar-refractivity contribution in [1.29, 1.82) is 0 Å². The number of hydrogen-bond donors (Lipinski definition) is 2. The fourth-order valence-corrected chi connectivity index (χ4v) is 2.06. The second kappa shape index (κ2) is 4.09. The number of hydrogen-bond acceptors (Lipinski definition) is 2. The van der Waals surface area contributed by atoms with Gasteiger partial charge in [0.1, 0.15) is 6.04 Å². The number of carboxylic acids is 1. The molecule has 1 atom stereocenters. The Bertz CT molecular complexity index is 185. The van der Waals surface area contributed by atoms with E-state index in [9.17, 15) is 4.79 Å². The molecule has 1 aliphatic carbocycles. The highest BCUT2D eigenvalue weighted by atomic mass is 16.4. The van der Waals surface area contributed by atoms with Gasteiger partial charge in [0.2, 0.25) is 0 Å². The van der Waals surface area contributed by atoms with Gasteiger partial charge < -0.3 is 5.11 Å². The summed E-state index contributed by atoms with van der Waals surface area (Å²) >= 11 is 0. The van der Waals surface area contributed by atoms with Crippen LogP contribution < -0.4 is 5.32 Å². The monoisotopic (exact) mass is 185 g/mol. The van der Waals surface area contributed by atoms with Crippen LogP contribution in [0.4, 0.5) is 0 Å². The van der Waals surface area contributed by atoms with Crippen molar-refractivity contribution in [2.24, 2.45) is 0 Å². The molecule has 0 aromatic carbocycles. The van der Waals surface area contributed by atoms with Crippen molar-refractivity contribution in [3.05, 3.63) is 0 Å². The number of aliphatic carboxylic acids is 1. The molecule has 0 aromatic rings. The maximum Gasteiger partial charge on any atom is 0.320 e. The molecule has 1 saturated carbocycles. The van der Waals surface area contributed by atoms with Gasteiger partial charge in [0, 0.05) is 5.54 Å². The van der Waals surface area contributed by atoms with E-state index in [1.165, 1.54) is 19.3 Å². The molecule has 76 valence electrons. The number of rotatable bonds is 3. The predicted octanol–water partition coefficient (Wildman–Crippen LogP) is 1.77. The maximum atomic E-state index is 10.7. The van der Waals surface area contributed by atoms with Gasteiger partial charge in [-0.05, 0) is 26.7 Å². The van der Waals surface area contributed by atoms with Crippen molar-refractivity contribution in [2.75, 3.05) is 0 Å². The van der Waals surface area contributed by atoms with Gasteiger partial charge in [-0.1, -0.05) is 19.3 Å². The standard InChI is InChI=1S/C10H19NO2/c1-8(9(12)13)11-10(2)6-4-3-5-7-10/h8,11H,3-7H2,1-2H3,(H,12,13)/t8-/m0/s1. The van der Waals surface area contributed by atoms with Crippen molar-refractivity contribution in [3.63, 3.8) is 0 Å². The second-order valence-corrected chi connectivity index (χ2v) is 4.33. The van der Waals surface area contributed by atoms with Crippen LogP contribution in [-0.4, -0.2) is 22.7 Å². The molecule has 1 fully saturated rings. The highest BCUT2D eigenvalue weighted by Gasteiger charge is 2.29. The van der Waals surface area contributed by atoms with Gasteiger partial charge in [-0.15, -0.1) is 0 Å². The van der Waals surface area contributed by atoms with Gasteiger partial charge in [0.05, 0.1) is 0 Å². The lowest BCUT2D eigenvalue weighted by Crippen LogP contribution is -2.50. The molecule has 1 rings (SSSR count). The van der Waals surface area contributed by atoms with E-state index < -0.39 is 12.0 Å². The molecule has 1 aliphatic rings. The number of carbonyl (C=O) groups is 1. The third-order valence-electron chi connectivity index (χ3n) is 2.89. The molecule has 0 saturated heterocycles. The van der Waals surface area contributed by atoms with Crippen LogP contribution in [0, 0.1) is 0 Å². The first kappa shape index (κ1) is 10.5. The van der Waals surface area contributed by atoms with Crippen LogP contribution in [0.3, 0.4) is 0 Å². The van der Waals surface area contributed by atoms with Crippen molar-refractivity contribution in [1.82, 2.24) is 5.32 Å². The van der Waals surface area contributed by atoms with Crippen LogP contribution >= 0.6 is 0 Å². The molecule has 0 aliphatic heterocycles. The van der Waals surface area contributed by atoms with Gasteiger partial charge in [-0.3, -0.25) is 10.1 Å². The largest absolute Gasteiger partial charge is 0.480 e. The lowest BCUT2D eigenvalue weighted by atomic mass is 9.83. The molecule has 0 amide bonds. The van der Waals surface area contributed by atoms with E-state index in [1.54, 1.807) is 6.92 Å². The van der Waals surface area contributed by atoms with E-state index >= 15 is 0 Å². The van der Waals surface area contributed by atoms with Gasteiger partial charge in [-0.25, -0.2) is 0 Å². The normalized spacial score (nSPS) is 23.8. The molecular formula is C10H19NO2. The average Bonchev–Trinajstić information content (AvgIpc) is 2.04. The molecule has 0 radical (unpaired) electrons. The smallest absolute Gasteiger partial charge is 0.320 e. The predicted molar refractivity (Wildman–Crippen MR) is 51.7 cm³/mol. The van der Waals surface area contributed by atoms with E-state index in [0.29, 0.717) is 0 Å². The Morgan fingerprint density at radius 2 is 1.92 bits per heavy atom. The molecule has 0 unspecified atom stereocenters. The van der Waals surface area contributed by atoms with Gasteiger partial charge >= 0.3 is 5.97 Å². The maximum absolute atomic E-state index is 10.7. The Morgan fingerprint density at radius 3 is 2.38 bits per heavy atom. The third kappa shape index (κ3) is 2.99. The Balaban J connectivity index is 2.45. The highest BCUT2D eigenvalue weighted by Crippen LogP contribution is 2.27. The first-order chi connectivity index (χ1) is 6.03. The molecule has 2 N–H and O–H groups in total. The molecule has 0 aromatic heterocycles. The lowest BCUT2D eigenvalue weighted by Gasteiger charge is -2.36. The topological polar surface area (TPSA) is 49.3 Å². The summed E-state index contributed by atoms with van der Waals surface area (Å²) in [5.74, 6) is -0.758. The van der Waals surface area contributed by atoms with Crippen molar-refractivity contribution in [3.8, 4) is 0 Å². The minimum absolute atomic E-state index is 0.0516. The summed E-state index contributed by atoms with van der Waals surface area (Å²) in [6.07, 6.45) is 5.93. The molecule has 0 spiro atoms. The van der Waals surface area contributed by atoms with E-state index in [1.807, 2.05) is 0 Å². The molecule has 0 bridgehead atoms. The minimum Gasteiger partial charge on any atom is -0.480 e. The Hall–Kier alpha value is -0.570. The van der Waals surface area contributed by atoms with Gasteiger partial charge in [0.25, 0.3) is 0 Å². The first-order valence-electron chi connectivity index (χ1n) is 5.04. The summed E-state index contributed by atoms with van der Waals surface area (Å²) in [6.45, 7) is 3.84. The summed E-state index contributed by atoms with van der Waals surface area (Å²) < 4.78 is 0. The fourth-order valence-electron chi connectivity index (χ4n) is 2.06.